The zero-order valence-corrected chi connectivity index (χ0v) is 13.8. The molecule has 134 valence electrons. The minimum Gasteiger partial charge on any atom is -0.490 e. The Hall–Kier alpha value is -2.21. The molecule has 0 radical (unpaired) electrons. The summed E-state index contributed by atoms with van der Waals surface area (Å²) in [4.78, 5) is 0. The van der Waals surface area contributed by atoms with Crippen LogP contribution in [-0.4, -0.2) is 18.6 Å². The van der Waals surface area contributed by atoms with E-state index in [2.05, 4.69) is 4.74 Å². The highest BCUT2D eigenvalue weighted by Gasteiger charge is 2.33. The SMILES string of the molecule is Cc1ccc(OC2CC(OCc3ccccc3)C2)cc1OC(F)(F)F. The van der Waals surface area contributed by atoms with Crippen molar-refractivity contribution in [2.75, 3.05) is 0 Å². The molecule has 3 nitrogen and oxygen atoms in total. The topological polar surface area (TPSA) is 27.7 Å². The number of benzene rings is 2. The third-order valence-electron chi connectivity index (χ3n) is 4.07. The van der Waals surface area contributed by atoms with Gasteiger partial charge in [0, 0.05) is 18.9 Å². The van der Waals surface area contributed by atoms with E-state index in [4.69, 9.17) is 9.47 Å². The number of rotatable bonds is 6. The van der Waals surface area contributed by atoms with Crippen molar-refractivity contribution in [2.45, 2.75) is 44.9 Å². The van der Waals surface area contributed by atoms with Crippen molar-refractivity contribution in [2.24, 2.45) is 0 Å². The normalized spacial score (nSPS) is 20.0. The van der Waals surface area contributed by atoms with Crippen molar-refractivity contribution in [1.29, 1.82) is 0 Å². The lowest BCUT2D eigenvalue weighted by Gasteiger charge is -2.35. The molecule has 1 saturated carbocycles. The lowest BCUT2D eigenvalue weighted by atomic mass is 9.92. The van der Waals surface area contributed by atoms with Crippen LogP contribution in [0.3, 0.4) is 0 Å². The van der Waals surface area contributed by atoms with E-state index in [0.29, 0.717) is 17.9 Å². The van der Waals surface area contributed by atoms with Crippen molar-refractivity contribution in [3.8, 4) is 11.5 Å². The van der Waals surface area contributed by atoms with Gasteiger partial charge in [0.25, 0.3) is 0 Å². The number of ether oxygens (including phenoxy) is 3. The lowest BCUT2D eigenvalue weighted by Crippen LogP contribution is -2.39. The molecular weight excluding hydrogens is 333 g/mol. The zero-order valence-electron chi connectivity index (χ0n) is 13.8. The molecule has 0 aliphatic heterocycles. The monoisotopic (exact) mass is 352 g/mol. The van der Waals surface area contributed by atoms with E-state index in [0.717, 1.165) is 18.4 Å². The molecule has 0 aromatic heterocycles. The summed E-state index contributed by atoms with van der Waals surface area (Å²) in [6.45, 7) is 2.11. The van der Waals surface area contributed by atoms with Gasteiger partial charge in [0.05, 0.1) is 12.7 Å². The van der Waals surface area contributed by atoms with Gasteiger partial charge in [-0.25, -0.2) is 0 Å². The van der Waals surface area contributed by atoms with Gasteiger partial charge in [-0.1, -0.05) is 36.4 Å². The maximum absolute atomic E-state index is 12.4. The Kier molecular flexibility index (Phi) is 5.18. The summed E-state index contributed by atoms with van der Waals surface area (Å²) in [6.07, 6.45) is -3.22. The van der Waals surface area contributed by atoms with Crippen LogP contribution < -0.4 is 9.47 Å². The standard InChI is InChI=1S/C19H19F3O3/c1-13-7-8-15(11-18(13)25-19(20,21)22)24-17-9-16(10-17)23-12-14-5-3-2-4-6-14/h2-8,11,16-17H,9-10,12H2,1H3. The fourth-order valence-electron chi connectivity index (χ4n) is 2.62. The van der Waals surface area contributed by atoms with Crippen molar-refractivity contribution in [1.82, 2.24) is 0 Å². The first-order valence-electron chi connectivity index (χ1n) is 8.07. The molecule has 0 amide bonds. The van der Waals surface area contributed by atoms with Gasteiger partial charge in [-0.2, -0.15) is 0 Å². The second-order valence-corrected chi connectivity index (χ2v) is 6.10. The number of alkyl halides is 3. The summed E-state index contributed by atoms with van der Waals surface area (Å²) in [6, 6.07) is 14.4. The van der Waals surface area contributed by atoms with Gasteiger partial charge in [0.15, 0.2) is 0 Å². The van der Waals surface area contributed by atoms with E-state index < -0.39 is 6.36 Å². The highest BCUT2D eigenvalue weighted by molar-refractivity contribution is 5.40. The molecule has 1 aliphatic carbocycles. The number of halogens is 3. The van der Waals surface area contributed by atoms with Crippen LogP contribution in [0.15, 0.2) is 48.5 Å². The molecule has 1 aliphatic rings. The third-order valence-corrected chi connectivity index (χ3v) is 4.07. The minimum atomic E-state index is -4.71. The van der Waals surface area contributed by atoms with Crippen molar-refractivity contribution < 1.29 is 27.4 Å². The quantitative estimate of drug-likeness (QED) is 0.731. The Labute approximate surface area is 144 Å². The summed E-state index contributed by atoms with van der Waals surface area (Å²) in [5, 5.41) is 0. The molecule has 2 aromatic carbocycles. The van der Waals surface area contributed by atoms with E-state index in [-0.39, 0.29) is 18.0 Å². The molecule has 6 heteroatoms. The molecule has 0 N–H and O–H groups in total. The minimum absolute atomic E-state index is 0.0535. The average molecular weight is 352 g/mol. The van der Waals surface area contributed by atoms with Crippen LogP contribution in [0.1, 0.15) is 24.0 Å². The van der Waals surface area contributed by atoms with Gasteiger partial charge >= 0.3 is 6.36 Å². The smallest absolute Gasteiger partial charge is 0.490 e. The van der Waals surface area contributed by atoms with Gasteiger partial charge in [-0.15, -0.1) is 13.2 Å². The highest BCUT2D eigenvalue weighted by Crippen LogP contribution is 2.33. The van der Waals surface area contributed by atoms with E-state index in [1.165, 1.54) is 6.07 Å². The van der Waals surface area contributed by atoms with Crippen LogP contribution in [0.4, 0.5) is 13.2 Å². The molecule has 3 rings (SSSR count). The maximum atomic E-state index is 12.4. The first kappa shape index (κ1) is 17.6. The molecule has 0 atom stereocenters. The lowest BCUT2D eigenvalue weighted by molar-refractivity contribution is -0.274. The summed E-state index contributed by atoms with van der Waals surface area (Å²) in [7, 11) is 0. The molecular formula is C19H19F3O3. The fourth-order valence-corrected chi connectivity index (χ4v) is 2.62. The average Bonchev–Trinajstić information content (AvgIpc) is 2.52. The maximum Gasteiger partial charge on any atom is 0.573 e. The second kappa shape index (κ2) is 7.35. The first-order chi connectivity index (χ1) is 11.9. The molecule has 25 heavy (non-hydrogen) atoms. The van der Waals surface area contributed by atoms with Gasteiger partial charge < -0.3 is 14.2 Å². The number of hydrogen-bond donors (Lipinski definition) is 0. The molecule has 0 bridgehead atoms. The Bertz CT molecular complexity index is 695. The van der Waals surface area contributed by atoms with E-state index in [9.17, 15) is 13.2 Å². The third kappa shape index (κ3) is 5.13. The van der Waals surface area contributed by atoms with Crippen LogP contribution >= 0.6 is 0 Å². The molecule has 0 saturated heterocycles. The molecule has 1 fully saturated rings. The van der Waals surface area contributed by atoms with Gasteiger partial charge in [0.2, 0.25) is 0 Å². The predicted molar refractivity (Wildman–Crippen MR) is 86.5 cm³/mol. The number of hydrogen-bond acceptors (Lipinski definition) is 3. The fraction of sp³-hybridized carbons (Fsp3) is 0.368. The van der Waals surface area contributed by atoms with Crippen LogP contribution in [0, 0.1) is 6.92 Å². The molecule has 2 aromatic rings. The molecule has 0 spiro atoms. The van der Waals surface area contributed by atoms with Crippen LogP contribution in [0.5, 0.6) is 11.5 Å². The Morgan fingerprint density at radius 1 is 1.00 bits per heavy atom. The largest absolute Gasteiger partial charge is 0.573 e. The van der Waals surface area contributed by atoms with Crippen molar-refractivity contribution in [3.63, 3.8) is 0 Å². The summed E-state index contributed by atoms with van der Waals surface area (Å²) < 4.78 is 52.7. The Morgan fingerprint density at radius 3 is 2.40 bits per heavy atom. The Morgan fingerprint density at radius 2 is 1.72 bits per heavy atom. The molecule has 0 unspecified atom stereocenters. The second-order valence-electron chi connectivity index (χ2n) is 6.10. The Balaban J connectivity index is 1.47. The van der Waals surface area contributed by atoms with Gasteiger partial charge in [-0.3, -0.25) is 0 Å². The zero-order chi connectivity index (χ0) is 17.9. The van der Waals surface area contributed by atoms with Gasteiger partial charge in [0.1, 0.15) is 17.6 Å². The predicted octanol–water partition coefficient (Wildman–Crippen LogP) is 5.02. The van der Waals surface area contributed by atoms with Crippen molar-refractivity contribution >= 4 is 0 Å². The van der Waals surface area contributed by atoms with Crippen LogP contribution in [0.2, 0.25) is 0 Å². The van der Waals surface area contributed by atoms with E-state index in [1.54, 1.807) is 19.1 Å². The van der Waals surface area contributed by atoms with Crippen LogP contribution in [-0.2, 0) is 11.3 Å². The summed E-state index contributed by atoms with van der Waals surface area (Å²) >= 11 is 0. The summed E-state index contributed by atoms with van der Waals surface area (Å²) in [5.41, 5.74) is 1.52. The van der Waals surface area contributed by atoms with Crippen molar-refractivity contribution in [3.05, 3.63) is 59.7 Å². The number of aryl methyl sites for hydroxylation is 1. The summed E-state index contributed by atoms with van der Waals surface area (Å²) in [5.74, 6) is 0.137. The molecule has 0 heterocycles. The van der Waals surface area contributed by atoms with Crippen LogP contribution in [0.25, 0.3) is 0 Å². The van der Waals surface area contributed by atoms with E-state index in [1.807, 2.05) is 30.3 Å². The first-order valence-corrected chi connectivity index (χ1v) is 8.07. The van der Waals surface area contributed by atoms with Gasteiger partial charge in [-0.05, 0) is 24.1 Å². The van der Waals surface area contributed by atoms with E-state index >= 15 is 0 Å². The highest BCUT2D eigenvalue weighted by atomic mass is 19.4.